The summed E-state index contributed by atoms with van der Waals surface area (Å²) in [4.78, 5) is 15.8. The molecule has 2 aromatic rings. The molecule has 0 aliphatic carbocycles. The summed E-state index contributed by atoms with van der Waals surface area (Å²) in [6, 6.07) is 17.4. The monoisotopic (exact) mass is 356 g/mol. The van der Waals surface area contributed by atoms with Gasteiger partial charge in [-0.1, -0.05) is 12.1 Å². The van der Waals surface area contributed by atoms with Crippen molar-refractivity contribution in [1.29, 1.82) is 5.26 Å². The van der Waals surface area contributed by atoms with Crippen molar-refractivity contribution in [2.24, 2.45) is 5.73 Å². The van der Waals surface area contributed by atoms with Gasteiger partial charge in [-0.2, -0.15) is 5.26 Å². The van der Waals surface area contributed by atoms with Crippen molar-refractivity contribution in [1.82, 2.24) is 4.90 Å². The maximum Gasteiger partial charge on any atom is 0.248 e. The predicted molar refractivity (Wildman–Crippen MR) is 101 cm³/mol. The molecular formula is C19H21ClN4O. The van der Waals surface area contributed by atoms with Gasteiger partial charge in [0.1, 0.15) is 0 Å². The van der Waals surface area contributed by atoms with E-state index in [4.69, 9.17) is 11.0 Å². The fourth-order valence-electron chi connectivity index (χ4n) is 3.00. The van der Waals surface area contributed by atoms with Crippen LogP contribution in [0.5, 0.6) is 0 Å². The molecule has 6 heteroatoms. The highest BCUT2D eigenvalue weighted by atomic mass is 35.5. The lowest BCUT2D eigenvalue weighted by Crippen LogP contribution is -2.45. The third kappa shape index (κ3) is 4.72. The number of nitrogens with zero attached hydrogens (tertiary/aromatic N) is 3. The van der Waals surface area contributed by atoms with Crippen LogP contribution in [0, 0.1) is 11.3 Å². The first-order chi connectivity index (χ1) is 11.7. The highest BCUT2D eigenvalue weighted by Crippen LogP contribution is 2.18. The van der Waals surface area contributed by atoms with E-state index in [1.807, 2.05) is 30.3 Å². The summed E-state index contributed by atoms with van der Waals surface area (Å²) >= 11 is 0. The van der Waals surface area contributed by atoms with Crippen molar-refractivity contribution >= 4 is 24.0 Å². The Kier molecular flexibility index (Phi) is 6.40. The number of carbonyl (C=O) groups is 1. The minimum Gasteiger partial charge on any atom is -0.369 e. The summed E-state index contributed by atoms with van der Waals surface area (Å²) in [6.07, 6.45) is 0. The summed E-state index contributed by atoms with van der Waals surface area (Å²) in [7, 11) is 0. The smallest absolute Gasteiger partial charge is 0.248 e. The van der Waals surface area contributed by atoms with Gasteiger partial charge in [0.2, 0.25) is 5.91 Å². The maximum absolute atomic E-state index is 11.1. The molecule has 130 valence electrons. The molecule has 0 atom stereocenters. The molecule has 5 nitrogen and oxygen atoms in total. The van der Waals surface area contributed by atoms with E-state index in [1.54, 1.807) is 12.1 Å². The minimum atomic E-state index is -0.397. The molecule has 1 aliphatic heterocycles. The average Bonchev–Trinajstić information content (AvgIpc) is 2.62. The third-order valence-corrected chi connectivity index (χ3v) is 4.35. The van der Waals surface area contributed by atoms with Gasteiger partial charge in [0.25, 0.3) is 0 Å². The molecule has 2 aromatic carbocycles. The van der Waals surface area contributed by atoms with Gasteiger partial charge in [-0.3, -0.25) is 9.69 Å². The van der Waals surface area contributed by atoms with Gasteiger partial charge in [-0.05, 0) is 42.0 Å². The van der Waals surface area contributed by atoms with Gasteiger partial charge < -0.3 is 10.6 Å². The van der Waals surface area contributed by atoms with Crippen LogP contribution in [0.15, 0.2) is 48.5 Å². The molecule has 0 unspecified atom stereocenters. The van der Waals surface area contributed by atoms with E-state index in [2.05, 4.69) is 21.9 Å². The first-order valence-electron chi connectivity index (χ1n) is 8.02. The van der Waals surface area contributed by atoms with Crippen molar-refractivity contribution in [2.45, 2.75) is 6.54 Å². The van der Waals surface area contributed by atoms with Gasteiger partial charge >= 0.3 is 0 Å². The fraction of sp³-hybridized carbons (Fsp3) is 0.263. The van der Waals surface area contributed by atoms with E-state index in [9.17, 15) is 4.79 Å². The van der Waals surface area contributed by atoms with E-state index < -0.39 is 5.91 Å². The number of amides is 1. The number of halogens is 1. The van der Waals surface area contributed by atoms with Crippen molar-refractivity contribution in [3.05, 3.63) is 65.2 Å². The Morgan fingerprint density at radius 1 is 1.08 bits per heavy atom. The first kappa shape index (κ1) is 18.8. The van der Waals surface area contributed by atoms with Gasteiger partial charge in [0.05, 0.1) is 11.6 Å². The van der Waals surface area contributed by atoms with Gasteiger partial charge in [-0.15, -0.1) is 12.4 Å². The molecule has 0 saturated carbocycles. The topological polar surface area (TPSA) is 73.4 Å². The third-order valence-electron chi connectivity index (χ3n) is 4.35. The summed E-state index contributed by atoms with van der Waals surface area (Å²) in [5.74, 6) is -0.397. The Hall–Kier alpha value is -2.55. The zero-order valence-corrected chi connectivity index (χ0v) is 14.7. The SMILES string of the molecule is Cl.N#Cc1cccc(CN2CCN(c3ccc(C(N)=O)cc3)CC2)c1. The van der Waals surface area contributed by atoms with Crippen molar-refractivity contribution in [3.63, 3.8) is 0 Å². The molecule has 0 radical (unpaired) electrons. The molecule has 1 fully saturated rings. The van der Waals surface area contributed by atoms with Crippen molar-refractivity contribution in [2.75, 3.05) is 31.1 Å². The van der Waals surface area contributed by atoms with Crippen LogP contribution in [0.25, 0.3) is 0 Å². The number of hydrogen-bond acceptors (Lipinski definition) is 4. The van der Waals surface area contributed by atoms with Gasteiger partial charge in [0.15, 0.2) is 0 Å². The second-order valence-corrected chi connectivity index (χ2v) is 5.99. The minimum absolute atomic E-state index is 0. The Labute approximate surface area is 154 Å². The van der Waals surface area contributed by atoms with Crippen LogP contribution in [0.3, 0.4) is 0 Å². The van der Waals surface area contributed by atoms with Crippen molar-refractivity contribution < 1.29 is 4.79 Å². The molecule has 3 rings (SSSR count). The average molecular weight is 357 g/mol. The fourth-order valence-corrected chi connectivity index (χ4v) is 3.00. The number of nitriles is 1. The standard InChI is InChI=1S/C19H20N4O.ClH/c20-13-15-2-1-3-16(12-15)14-22-8-10-23(11-9-22)18-6-4-17(5-7-18)19(21)24;/h1-7,12H,8-11,14H2,(H2,21,24);1H. The number of hydrogen-bond donors (Lipinski definition) is 1. The highest BCUT2D eigenvalue weighted by Gasteiger charge is 2.17. The molecule has 0 aromatic heterocycles. The van der Waals surface area contributed by atoms with Crippen LogP contribution in [0.4, 0.5) is 5.69 Å². The lowest BCUT2D eigenvalue weighted by atomic mass is 10.1. The lowest BCUT2D eigenvalue weighted by Gasteiger charge is -2.36. The molecular weight excluding hydrogens is 336 g/mol. The van der Waals surface area contributed by atoms with Crippen LogP contribution >= 0.6 is 12.4 Å². The zero-order valence-electron chi connectivity index (χ0n) is 13.9. The Morgan fingerprint density at radius 3 is 2.36 bits per heavy atom. The summed E-state index contributed by atoms with van der Waals surface area (Å²) in [5.41, 5.74) is 8.81. The van der Waals surface area contributed by atoms with Gasteiger partial charge in [0, 0.05) is 44.0 Å². The second kappa shape index (κ2) is 8.52. The normalized spacial score (nSPS) is 14.4. The highest BCUT2D eigenvalue weighted by molar-refractivity contribution is 5.93. The molecule has 1 amide bonds. The van der Waals surface area contributed by atoms with Crippen LogP contribution in [-0.2, 0) is 6.54 Å². The van der Waals surface area contributed by atoms with Crippen LogP contribution in [-0.4, -0.2) is 37.0 Å². The van der Waals surface area contributed by atoms with E-state index >= 15 is 0 Å². The number of piperazine rings is 1. The van der Waals surface area contributed by atoms with E-state index in [1.165, 1.54) is 5.56 Å². The van der Waals surface area contributed by atoms with Crippen LogP contribution in [0.2, 0.25) is 0 Å². The van der Waals surface area contributed by atoms with E-state index in [0.29, 0.717) is 11.1 Å². The van der Waals surface area contributed by atoms with Gasteiger partial charge in [-0.25, -0.2) is 0 Å². The van der Waals surface area contributed by atoms with Crippen LogP contribution in [0.1, 0.15) is 21.5 Å². The molecule has 0 bridgehead atoms. The number of primary amides is 1. The van der Waals surface area contributed by atoms with E-state index in [0.717, 1.165) is 38.4 Å². The molecule has 0 spiro atoms. The molecule has 1 aliphatic rings. The zero-order chi connectivity index (χ0) is 16.9. The number of rotatable bonds is 4. The predicted octanol–water partition coefficient (Wildman–Crippen LogP) is 2.40. The largest absolute Gasteiger partial charge is 0.369 e. The molecule has 2 N–H and O–H groups in total. The Bertz CT molecular complexity index is 762. The lowest BCUT2D eigenvalue weighted by molar-refractivity contribution is 0.100. The first-order valence-corrected chi connectivity index (χ1v) is 8.02. The van der Waals surface area contributed by atoms with E-state index in [-0.39, 0.29) is 12.4 Å². The number of anilines is 1. The van der Waals surface area contributed by atoms with Crippen molar-refractivity contribution in [3.8, 4) is 6.07 Å². The summed E-state index contributed by atoms with van der Waals surface area (Å²) in [5, 5.41) is 8.98. The Balaban J connectivity index is 0.00000225. The maximum atomic E-state index is 11.1. The number of carbonyl (C=O) groups excluding carboxylic acids is 1. The number of nitrogens with two attached hydrogens (primary N) is 1. The summed E-state index contributed by atoms with van der Waals surface area (Å²) < 4.78 is 0. The Morgan fingerprint density at radius 2 is 1.76 bits per heavy atom. The van der Waals surface area contributed by atoms with Crippen LogP contribution < -0.4 is 10.6 Å². The molecule has 1 heterocycles. The number of benzene rings is 2. The second-order valence-electron chi connectivity index (χ2n) is 5.99. The quantitative estimate of drug-likeness (QED) is 0.912. The molecule has 25 heavy (non-hydrogen) atoms. The summed E-state index contributed by atoms with van der Waals surface area (Å²) in [6.45, 7) is 4.67. The molecule has 1 saturated heterocycles.